The molecule has 0 spiro atoms. The minimum absolute atomic E-state index is 0.00132. The smallest absolute Gasteiger partial charge is 0.270 e. The van der Waals surface area contributed by atoms with Gasteiger partial charge in [-0.1, -0.05) is 30.3 Å². The van der Waals surface area contributed by atoms with Crippen LogP contribution in [-0.2, 0) is 4.74 Å². The third kappa shape index (κ3) is 4.47. The summed E-state index contributed by atoms with van der Waals surface area (Å²) in [5.41, 5.74) is 2.23. The molecule has 3 heterocycles. The first-order valence-corrected chi connectivity index (χ1v) is 11.3. The van der Waals surface area contributed by atoms with Crippen molar-refractivity contribution >= 4 is 11.6 Å². The van der Waals surface area contributed by atoms with Gasteiger partial charge in [0.2, 0.25) is 0 Å². The third-order valence-corrected chi connectivity index (χ3v) is 5.96. The molecule has 2 aliphatic rings. The largest absolute Gasteiger partial charge is 0.372 e. The zero-order valence-electron chi connectivity index (χ0n) is 18.5. The van der Waals surface area contributed by atoms with Crippen LogP contribution in [0.25, 0.3) is 5.69 Å². The number of rotatable bonds is 7. The second-order valence-corrected chi connectivity index (χ2v) is 8.19. The van der Waals surface area contributed by atoms with Crippen LogP contribution in [0.2, 0.25) is 0 Å². The molecule has 5 rings (SSSR count). The van der Waals surface area contributed by atoms with Gasteiger partial charge >= 0.3 is 0 Å². The molecule has 8 heteroatoms. The van der Waals surface area contributed by atoms with Gasteiger partial charge in [-0.2, -0.15) is 0 Å². The molecule has 2 aromatic heterocycles. The summed E-state index contributed by atoms with van der Waals surface area (Å²) in [6.07, 6.45) is 7.23. The lowest BCUT2D eigenvalue weighted by molar-refractivity contribution is 0.0902. The van der Waals surface area contributed by atoms with E-state index in [4.69, 9.17) is 9.73 Å². The summed E-state index contributed by atoms with van der Waals surface area (Å²) in [4.78, 5) is 21.3. The number of carbonyl (C=O) groups is 1. The molecule has 1 aliphatic heterocycles. The second kappa shape index (κ2) is 9.46. The topological polar surface area (TPSA) is 94.3 Å². The predicted octanol–water partition coefficient (Wildman–Crippen LogP) is 3.10. The van der Waals surface area contributed by atoms with Crippen molar-refractivity contribution in [3.63, 3.8) is 0 Å². The van der Waals surface area contributed by atoms with Crippen molar-refractivity contribution in [1.82, 2.24) is 25.1 Å². The van der Waals surface area contributed by atoms with Gasteiger partial charge in [0.25, 0.3) is 5.91 Å². The lowest BCUT2D eigenvalue weighted by Gasteiger charge is -2.35. The Morgan fingerprint density at radius 1 is 1.12 bits per heavy atom. The standard InChI is InChI=1S/C25H26N6O2/c1-2-33-20-11-12-21(27-16-20)24-30-29-23(31(24)19-8-4-3-5-9-19)17-14-18(15-17)28-25(32)22-10-6-7-13-26-22/h3-13,17-18,20H,2,14-16H2,1H3,(H,28,32). The highest BCUT2D eigenvalue weighted by atomic mass is 16.5. The molecule has 1 aliphatic carbocycles. The van der Waals surface area contributed by atoms with E-state index in [-0.39, 0.29) is 24.0 Å². The highest BCUT2D eigenvalue weighted by molar-refractivity contribution is 6.07. The van der Waals surface area contributed by atoms with Crippen molar-refractivity contribution in [1.29, 1.82) is 0 Å². The Bertz CT molecular complexity index is 1170. The molecule has 3 aromatic rings. The molecule has 1 unspecified atom stereocenters. The Kier molecular flexibility index (Phi) is 6.08. The molecule has 33 heavy (non-hydrogen) atoms. The van der Waals surface area contributed by atoms with E-state index in [9.17, 15) is 4.79 Å². The minimum Gasteiger partial charge on any atom is -0.372 e. The molecule has 1 saturated carbocycles. The monoisotopic (exact) mass is 442 g/mol. The summed E-state index contributed by atoms with van der Waals surface area (Å²) in [6.45, 7) is 3.21. The fourth-order valence-corrected chi connectivity index (χ4v) is 4.23. The van der Waals surface area contributed by atoms with E-state index in [1.165, 1.54) is 0 Å². The number of nitrogens with one attached hydrogen (secondary N) is 1. The molecule has 168 valence electrons. The van der Waals surface area contributed by atoms with Crippen molar-refractivity contribution in [2.45, 2.75) is 37.8 Å². The molecule has 0 radical (unpaired) electrons. The van der Waals surface area contributed by atoms with E-state index in [2.05, 4.69) is 25.1 Å². The maximum Gasteiger partial charge on any atom is 0.270 e. The van der Waals surface area contributed by atoms with Gasteiger partial charge in [-0.3, -0.25) is 19.3 Å². The van der Waals surface area contributed by atoms with Crippen LogP contribution in [0.15, 0.2) is 71.9 Å². The molecule has 8 nitrogen and oxygen atoms in total. The quantitative estimate of drug-likeness (QED) is 0.607. The Hall–Kier alpha value is -3.65. The number of para-hydroxylation sites is 1. The van der Waals surface area contributed by atoms with E-state index in [1.807, 2.05) is 55.5 Å². The van der Waals surface area contributed by atoms with E-state index in [0.29, 0.717) is 18.8 Å². The lowest BCUT2D eigenvalue weighted by Crippen LogP contribution is -2.44. The van der Waals surface area contributed by atoms with E-state index < -0.39 is 0 Å². The first-order chi connectivity index (χ1) is 16.2. The fraction of sp³-hybridized carbons (Fsp3) is 0.320. The molecule has 1 atom stereocenters. The number of pyridine rings is 1. The molecule has 1 fully saturated rings. The fourth-order valence-electron chi connectivity index (χ4n) is 4.23. The number of nitrogens with zero attached hydrogens (tertiary/aromatic N) is 5. The Morgan fingerprint density at radius 2 is 1.94 bits per heavy atom. The van der Waals surface area contributed by atoms with Gasteiger partial charge in [0, 0.05) is 30.5 Å². The van der Waals surface area contributed by atoms with Crippen molar-refractivity contribution in [2.24, 2.45) is 4.99 Å². The van der Waals surface area contributed by atoms with Crippen LogP contribution < -0.4 is 5.32 Å². The molecule has 1 amide bonds. The molecule has 1 N–H and O–H groups in total. The summed E-state index contributed by atoms with van der Waals surface area (Å²) in [5.74, 6) is 1.67. The molecule has 0 bridgehead atoms. The molecule has 1 aromatic carbocycles. The van der Waals surface area contributed by atoms with Crippen molar-refractivity contribution in [3.05, 3.63) is 84.2 Å². The normalized spacial score (nSPS) is 21.8. The van der Waals surface area contributed by atoms with Gasteiger partial charge in [0.15, 0.2) is 5.82 Å². The second-order valence-electron chi connectivity index (χ2n) is 8.19. The van der Waals surface area contributed by atoms with Crippen LogP contribution in [0.4, 0.5) is 0 Å². The molecule has 0 saturated heterocycles. The Labute approximate surface area is 192 Å². The molecular formula is C25H26N6O2. The number of allylic oxidation sites excluding steroid dienone is 1. The summed E-state index contributed by atoms with van der Waals surface area (Å²) in [5, 5.41) is 12.1. The molecular weight excluding hydrogens is 416 g/mol. The number of ether oxygens (including phenoxy) is 1. The van der Waals surface area contributed by atoms with E-state index >= 15 is 0 Å². The minimum atomic E-state index is -0.144. The third-order valence-electron chi connectivity index (χ3n) is 5.96. The SMILES string of the molecule is CCOC1C=CC(c2nnc(C3CC(NC(=O)c4ccccn4)C3)n2-c2ccccc2)=NC1. The summed E-state index contributed by atoms with van der Waals surface area (Å²) in [6, 6.07) is 15.5. The summed E-state index contributed by atoms with van der Waals surface area (Å²) < 4.78 is 7.74. The van der Waals surface area contributed by atoms with Crippen LogP contribution in [0, 0.1) is 0 Å². The summed E-state index contributed by atoms with van der Waals surface area (Å²) in [7, 11) is 0. The number of amides is 1. The van der Waals surface area contributed by atoms with E-state index in [1.54, 1.807) is 18.3 Å². The van der Waals surface area contributed by atoms with Crippen LogP contribution in [0.1, 0.15) is 47.8 Å². The van der Waals surface area contributed by atoms with Crippen LogP contribution in [-0.4, -0.2) is 56.7 Å². The van der Waals surface area contributed by atoms with Crippen LogP contribution >= 0.6 is 0 Å². The van der Waals surface area contributed by atoms with Crippen molar-refractivity contribution in [2.75, 3.05) is 13.2 Å². The van der Waals surface area contributed by atoms with Crippen molar-refractivity contribution in [3.8, 4) is 5.69 Å². The number of aromatic nitrogens is 4. The highest BCUT2D eigenvalue weighted by Crippen LogP contribution is 2.37. The van der Waals surface area contributed by atoms with Gasteiger partial charge in [0.1, 0.15) is 17.2 Å². The first-order valence-electron chi connectivity index (χ1n) is 11.3. The average molecular weight is 443 g/mol. The Morgan fingerprint density at radius 3 is 2.64 bits per heavy atom. The number of benzene rings is 1. The van der Waals surface area contributed by atoms with Gasteiger partial charge in [-0.15, -0.1) is 10.2 Å². The summed E-state index contributed by atoms with van der Waals surface area (Å²) >= 11 is 0. The maximum absolute atomic E-state index is 12.4. The van der Waals surface area contributed by atoms with Crippen LogP contribution in [0.5, 0.6) is 0 Å². The lowest BCUT2D eigenvalue weighted by atomic mass is 9.79. The van der Waals surface area contributed by atoms with Gasteiger partial charge in [-0.25, -0.2) is 0 Å². The van der Waals surface area contributed by atoms with E-state index in [0.717, 1.165) is 35.9 Å². The first kappa shape index (κ1) is 21.2. The van der Waals surface area contributed by atoms with Gasteiger partial charge in [-0.05, 0) is 50.1 Å². The van der Waals surface area contributed by atoms with Crippen molar-refractivity contribution < 1.29 is 9.53 Å². The number of dihydropyridines is 1. The average Bonchev–Trinajstić information content (AvgIpc) is 3.27. The zero-order valence-corrected chi connectivity index (χ0v) is 18.5. The number of carbonyl (C=O) groups excluding carboxylic acids is 1. The van der Waals surface area contributed by atoms with Gasteiger partial charge < -0.3 is 10.1 Å². The highest BCUT2D eigenvalue weighted by Gasteiger charge is 2.36. The number of hydrogen-bond donors (Lipinski definition) is 1. The predicted molar refractivity (Wildman–Crippen MR) is 125 cm³/mol. The number of hydrogen-bond acceptors (Lipinski definition) is 6. The Balaban J connectivity index is 1.35. The van der Waals surface area contributed by atoms with Crippen LogP contribution in [0.3, 0.4) is 0 Å². The number of aliphatic imine (C=N–C) groups is 1. The van der Waals surface area contributed by atoms with Gasteiger partial charge in [0.05, 0.1) is 12.6 Å². The zero-order chi connectivity index (χ0) is 22.6. The maximum atomic E-state index is 12.4.